The van der Waals surface area contributed by atoms with Gasteiger partial charge in [-0.1, -0.05) is 30.3 Å². The Balaban J connectivity index is 2.07. The van der Waals surface area contributed by atoms with Gasteiger partial charge >= 0.3 is 6.18 Å². The Morgan fingerprint density at radius 3 is 2.40 bits per heavy atom. The fourth-order valence-electron chi connectivity index (χ4n) is 2.71. The number of nitrogens with one attached hydrogen (secondary N) is 2. The molecule has 1 aromatic heterocycles. The first-order valence-corrected chi connectivity index (χ1v) is 7.38. The topological polar surface area (TPSA) is 62.0 Å². The molecule has 0 fully saturated rings. The first-order chi connectivity index (χ1) is 11.8. The summed E-state index contributed by atoms with van der Waals surface area (Å²) in [6.07, 6.45) is -4.62. The van der Waals surface area contributed by atoms with Gasteiger partial charge in [0.25, 0.3) is 11.5 Å². The fraction of sp³-hybridized carbons (Fsp3) is 0.111. The molecule has 0 spiro atoms. The Hall–Kier alpha value is -3.09. The maximum Gasteiger partial charge on any atom is 0.418 e. The van der Waals surface area contributed by atoms with Crippen LogP contribution < -0.4 is 10.9 Å². The minimum atomic E-state index is -4.62. The van der Waals surface area contributed by atoms with Crippen LogP contribution in [0.4, 0.5) is 18.9 Å². The van der Waals surface area contributed by atoms with Gasteiger partial charge in [-0.2, -0.15) is 13.2 Å². The Labute approximate surface area is 140 Å². The van der Waals surface area contributed by atoms with Crippen LogP contribution in [0.3, 0.4) is 0 Å². The first kappa shape index (κ1) is 16.8. The zero-order valence-electron chi connectivity index (χ0n) is 13.1. The number of benzene rings is 2. The van der Waals surface area contributed by atoms with E-state index in [0.29, 0.717) is 16.5 Å². The average molecular weight is 346 g/mol. The smallest absolute Gasteiger partial charge is 0.321 e. The molecule has 3 aromatic rings. The number of pyridine rings is 1. The van der Waals surface area contributed by atoms with Gasteiger partial charge in [0, 0.05) is 10.9 Å². The summed E-state index contributed by atoms with van der Waals surface area (Å²) < 4.78 is 39.1. The summed E-state index contributed by atoms with van der Waals surface area (Å²) in [5, 5.41) is 2.85. The van der Waals surface area contributed by atoms with Crippen molar-refractivity contribution in [3.63, 3.8) is 0 Å². The Kier molecular flexibility index (Phi) is 4.08. The van der Waals surface area contributed by atoms with Crippen LogP contribution in [0.1, 0.15) is 21.5 Å². The largest absolute Gasteiger partial charge is 0.418 e. The highest BCUT2D eigenvalue weighted by molar-refractivity contribution is 6.07. The molecule has 0 atom stereocenters. The number of aryl methyl sites for hydroxylation is 1. The lowest BCUT2D eigenvalue weighted by atomic mass is 10.0. The van der Waals surface area contributed by atoms with Gasteiger partial charge in [0.1, 0.15) is 5.56 Å². The average Bonchev–Trinajstić information content (AvgIpc) is 2.54. The van der Waals surface area contributed by atoms with Gasteiger partial charge in [0.05, 0.1) is 11.3 Å². The van der Waals surface area contributed by atoms with Crippen molar-refractivity contribution in [2.45, 2.75) is 13.1 Å². The molecule has 2 aromatic carbocycles. The second-order valence-corrected chi connectivity index (χ2v) is 5.50. The Bertz CT molecular complexity index is 1020. The van der Waals surface area contributed by atoms with E-state index in [0.717, 1.165) is 12.1 Å². The van der Waals surface area contributed by atoms with E-state index in [9.17, 15) is 22.8 Å². The standard InChI is InChI=1S/C18H13F3N2O2/c1-10-11-6-2-4-8-13(11)22-16(24)15(10)17(25)23-14-9-5-3-7-12(14)18(19,20)21/h2-9H,1H3,(H,22,24)(H,23,25). The normalized spacial score (nSPS) is 11.5. The lowest BCUT2D eigenvalue weighted by molar-refractivity contribution is -0.136. The molecule has 0 bridgehead atoms. The third-order valence-electron chi connectivity index (χ3n) is 3.89. The summed E-state index contributed by atoms with van der Waals surface area (Å²) in [5.41, 5.74) is -1.28. The van der Waals surface area contributed by atoms with Gasteiger partial charge in [-0.3, -0.25) is 9.59 Å². The number of aromatic amines is 1. The number of hydrogen-bond acceptors (Lipinski definition) is 2. The van der Waals surface area contributed by atoms with Crippen LogP contribution in [0.15, 0.2) is 53.3 Å². The van der Waals surface area contributed by atoms with Crippen molar-refractivity contribution < 1.29 is 18.0 Å². The van der Waals surface area contributed by atoms with Gasteiger partial charge < -0.3 is 10.3 Å². The molecule has 128 valence electrons. The number of rotatable bonds is 2. The molecule has 0 unspecified atom stereocenters. The molecule has 0 aliphatic carbocycles. The highest BCUT2D eigenvalue weighted by Gasteiger charge is 2.33. The quantitative estimate of drug-likeness (QED) is 0.734. The lowest BCUT2D eigenvalue weighted by Crippen LogP contribution is -2.26. The molecule has 0 saturated carbocycles. The van der Waals surface area contributed by atoms with E-state index < -0.39 is 28.9 Å². The van der Waals surface area contributed by atoms with Crippen molar-refractivity contribution in [2.75, 3.05) is 5.32 Å². The van der Waals surface area contributed by atoms with E-state index in [4.69, 9.17) is 0 Å². The fourth-order valence-corrected chi connectivity index (χ4v) is 2.71. The Morgan fingerprint density at radius 1 is 1.04 bits per heavy atom. The zero-order chi connectivity index (χ0) is 18.2. The number of H-pyrrole nitrogens is 1. The van der Waals surface area contributed by atoms with Crippen LogP contribution in [-0.2, 0) is 6.18 Å². The second-order valence-electron chi connectivity index (χ2n) is 5.50. The Morgan fingerprint density at radius 2 is 1.68 bits per heavy atom. The van der Waals surface area contributed by atoms with E-state index in [1.165, 1.54) is 12.1 Å². The monoisotopic (exact) mass is 346 g/mol. The molecule has 25 heavy (non-hydrogen) atoms. The highest BCUT2D eigenvalue weighted by Crippen LogP contribution is 2.34. The molecular weight excluding hydrogens is 333 g/mol. The highest BCUT2D eigenvalue weighted by atomic mass is 19.4. The van der Waals surface area contributed by atoms with Crippen LogP contribution in [0.2, 0.25) is 0 Å². The molecule has 1 heterocycles. The number of aromatic nitrogens is 1. The van der Waals surface area contributed by atoms with Gasteiger partial charge in [0.2, 0.25) is 0 Å². The number of hydrogen-bond donors (Lipinski definition) is 2. The minimum absolute atomic E-state index is 0.212. The van der Waals surface area contributed by atoms with E-state index in [1.807, 2.05) is 0 Å². The van der Waals surface area contributed by atoms with E-state index in [2.05, 4.69) is 10.3 Å². The number of carbonyl (C=O) groups is 1. The van der Waals surface area contributed by atoms with Crippen LogP contribution in [-0.4, -0.2) is 10.9 Å². The molecule has 4 nitrogen and oxygen atoms in total. The predicted octanol–water partition coefficient (Wildman–Crippen LogP) is 4.11. The maximum atomic E-state index is 13.0. The van der Waals surface area contributed by atoms with Crippen LogP contribution >= 0.6 is 0 Å². The van der Waals surface area contributed by atoms with Gasteiger partial charge in [-0.15, -0.1) is 0 Å². The predicted molar refractivity (Wildman–Crippen MR) is 88.7 cm³/mol. The van der Waals surface area contributed by atoms with Crippen LogP contribution in [0.5, 0.6) is 0 Å². The molecule has 0 saturated heterocycles. The number of carbonyl (C=O) groups excluding carboxylic acids is 1. The third-order valence-corrected chi connectivity index (χ3v) is 3.89. The van der Waals surface area contributed by atoms with Crippen LogP contribution in [0, 0.1) is 6.92 Å². The van der Waals surface area contributed by atoms with Gasteiger partial charge in [-0.05, 0) is 30.7 Å². The van der Waals surface area contributed by atoms with Crippen LogP contribution in [0.25, 0.3) is 10.9 Å². The second kappa shape index (κ2) is 6.08. The number of fused-ring (bicyclic) bond motifs is 1. The van der Waals surface area contributed by atoms with E-state index in [-0.39, 0.29) is 5.56 Å². The number of halogens is 3. The summed E-state index contributed by atoms with van der Waals surface area (Å²) >= 11 is 0. The van der Waals surface area contributed by atoms with E-state index >= 15 is 0 Å². The first-order valence-electron chi connectivity index (χ1n) is 7.38. The SMILES string of the molecule is Cc1c(C(=O)Nc2ccccc2C(F)(F)F)c(=O)[nH]c2ccccc12. The third kappa shape index (κ3) is 3.13. The number of anilines is 1. The molecule has 3 rings (SSSR count). The maximum absolute atomic E-state index is 13.0. The van der Waals surface area contributed by atoms with Crippen molar-refractivity contribution in [1.82, 2.24) is 4.98 Å². The van der Waals surface area contributed by atoms with Crippen molar-refractivity contribution in [2.24, 2.45) is 0 Å². The van der Waals surface area contributed by atoms with Crippen molar-refractivity contribution in [3.05, 3.63) is 75.6 Å². The van der Waals surface area contributed by atoms with Crippen molar-refractivity contribution in [3.8, 4) is 0 Å². The molecule has 0 aliphatic rings. The molecule has 2 N–H and O–H groups in total. The molecule has 7 heteroatoms. The van der Waals surface area contributed by atoms with E-state index in [1.54, 1.807) is 31.2 Å². The number of amides is 1. The lowest BCUT2D eigenvalue weighted by Gasteiger charge is -2.14. The molecule has 1 amide bonds. The molecule has 0 radical (unpaired) electrons. The summed E-state index contributed by atoms with van der Waals surface area (Å²) in [7, 11) is 0. The molecule has 0 aliphatic heterocycles. The van der Waals surface area contributed by atoms with Crippen molar-refractivity contribution in [1.29, 1.82) is 0 Å². The summed E-state index contributed by atoms with van der Waals surface area (Å²) in [6, 6.07) is 11.5. The van der Waals surface area contributed by atoms with Crippen molar-refractivity contribution >= 4 is 22.5 Å². The number of para-hydroxylation sites is 2. The minimum Gasteiger partial charge on any atom is -0.321 e. The number of alkyl halides is 3. The summed E-state index contributed by atoms with van der Waals surface area (Å²) in [5.74, 6) is -0.888. The summed E-state index contributed by atoms with van der Waals surface area (Å²) in [4.78, 5) is 27.3. The van der Waals surface area contributed by atoms with Gasteiger partial charge in [0.15, 0.2) is 0 Å². The zero-order valence-corrected chi connectivity index (χ0v) is 13.1. The molecular formula is C18H13F3N2O2. The van der Waals surface area contributed by atoms with Gasteiger partial charge in [-0.25, -0.2) is 0 Å². The summed E-state index contributed by atoms with van der Waals surface area (Å²) in [6.45, 7) is 1.59.